The van der Waals surface area contributed by atoms with E-state index in [1.54, 1.807) is 0 Å². The van der Waals surface area contributed by atoms with Gasteiger partial charge >= 0.3 is 0 Å². The molecule has 0 unspecified atom stereocenters. The van der Waals surface area contributed by atoms with Crippen LogP contribution in [-0.2, 0) is 5.41 Å². The van der Waals surface area contributed by atoms with Crippen molar-refractivity contribution in [3.8, 4) is 33.4 Å². The zero-order valence-electron chi connectivity index (χ0n) is 30.8. The summed E-state index contributed by atoms with van der Waals surface area (Å²) in [5, 5.41) is 7.20. The summed E-state index contributed by atoms with van der Waals surface area (Å²) in [5.41, 5.74) is 15.3. The summed E-state index contributed by atoms with van der Waals surface area (Å²) < 4.78 is 6.32. The summed E-state index contributed by atoms with van der Waals surface area (Å²) in [7, 11) is 0. The van der Waals surface area contributed by atoms with Gasteiger partial charge in [-0.3, -0.25) is 0 Å². The van der Waals surface area contributed by atoms with Crippen LogP contribution >= 0.6 is 0 Å². The van der Waals surface area contributed by atoms with Crippen LogP contribution in [0.4, 0.5) is 17.1 Å². The minimum absolute atomic E-state index is 0.0500. The van der Waals surface area contributed by atoms with Crippen LogP contribution in [0.25, 0.3) is 76.9 Å². The van der Waals surface area contributed by atoms with Gasteiger partial charge < -0.3 is 9.32 Å². The number of nitrogens with zero attached hydrogens (tertiary/aromatic N) is 1. The quantitative estimate of drug-likeness (QED) is 0.177. The van der Waals surface area contributed by atoms with Gasteiger partial charge in [-0.15, -0.1) is 0 Å². The fourth-order valence-electron chi connectivity index (χ4n) is 9.01. The van der Waals surface area contributed by atoms with Crippen LogP contribution in [0.2, 0.25) is 0 Å². The maximum atomic E-state index is 6.32. The summed E-state index contributed by atoms with van der Waals surface area (Å²) in [6, 6.07) is 68.5. The van der Waals surface area contributed by atoms with E-state index in [0.717, 1.165) is 50.1 Å². The Labute approximate surface area is 320 Å². The van der Waals surface area contributed by atoms with E-state index in [1.165, 1.54) is 54.9 Å². The lowest BCUT2D eigenvalue weighted by molar-refractivity contribution is 0.660. The average molecular weight is 704 g/mol. The lowest BCUT2D eigenvalue weighted by Gasteiger charge is -2.27. The van der Waals surface area contributed by atoms with Gasteiger partial charge in [0.25, 0.3) is 0 Å². The summed E-state index contributed by atoms with van der Waals surface area (Å²) in [5.74, 6) is 0. The molecule has 1 aromatic heterocycles. The van der Waals surface area contributed by atoms with Crippen molar-refractivity contribution in [2.24, 2.45) is 0 Å². The van der Waals surface area contributed by atoms with Crippen molar-refractivity contribution >= 4 is 60.5 Å². The van der Waals surface area contributed by atoms with Gasteiger partial charge in [0.2, 0.25) is 0 Å². The van der Waals surface area contributed by atoms with Gasteiger partial charge in [-0.2, -0.15) is 0 Å². The molecule has 10 aromatic rings. The van der Waals surface area contributed by atoms with Crippen LogP contribution in [0.1, 0.15) is 25.0 Å². The molecule has 0 atom stereocenters. The van der Waals surface area contributed by atoms with Crippen LogP contribution in [-0.4, -0.2) is 0 Å². The molecule has 1 aliphatic rings. The first-order chi connectivity index (χ1) is 27.0. The fraction of sp³-hybridized carbons (Fsp3) is 0.0566. The summed E-state index contributed by atoms with van der Waals surface area (Å²) in [6.07, 6.45) is 0. The van der Waals surface area contributed by atoms with E-state index in [9.17, 15) is 0 Å². The Morgan fingerprint density at radius 2 is 0.945 bits per heavy atom. The first-order valence-electron chi connectivity index (χ1n) is 19.1. The van der Waals surface area contributed by atoms with Crippen LogP contribution in [0.3, 0.4) is 0 Å². The van der Waals surface area contributed by atoms with Gasteiger partial charge in [0, 0.05) is 33.2 Å². The molecule has 0 spiro atoms. The lowest BCUT2D eigenvalue weighted by atomic mass is 9.82. The van der Waals surface area contributed by atoms with Crippen molar-refractivity contribution in [1.29, 1.82) is 0 Å². The molecule has 0 aliphatic heterocycles. The molecule has 11 rings (SSSR count). The van der Waals surface area contributed by atoms with Gasteiger partial charge in [0.1, 0.15) is 11.2 Å². The number of hydrogen-bond donors (Lipinski definition) is 0. The number of rotatable bonds is 5. The van der Waals surface area contributed by atoms with Crippen molar-refractivity contribution in [3.05, 3.63) is 199 Å². The van der Waals surface area contributed by atoms with Crippen LogP contribution < -0.4 is 4.90 Å². The van der Waals surface area contributed by atoms with Crippen LogP contribution in [0.15, 0.2) is 192 Å². The van der Waals surface area contributed by atoms with Gasteiger partial charge in [0.05, 0.1) is 0 Å². The van der Waals surface area contributed by atoms with E-state index in [-0.39, 0.29) is 5.41 Å². The lowest BCUT2D eigenvalue weighted by Crippen LogP contribution is -2.15. The monoisotopic (exact) mass is 703 g/mol. The molecule has 0 fully saturated rings. The molecule has 1 heterocycles. The van der Waals surface area contributed by atoms with Gasteiger partial charge in [-0.05, 0) is 127 Å². The largest absolute Gasteiger partial charge is 0.456 e. The predicted molar refractivity (Wildman–Crippen MR) is 232 cm³/mol. The molecule has 2 heteroatoms. The Balaban J connectivity index is 1.02. The molecule has 0 radical (unpaired) electrons. The van der Waals surface area contributed by atoms with Gasteiger partial charge in [-0.1, -0.05) is 141 Å². The Morgan fingerprint density at radius 1 is 0.364 bits per heavy atom. The van der Waals surface area contributed by atoms with Crippen molar-refractivity contribution in [3.63, 3.8) is 0 Å². The first-order valence-corrected chi connectivity index (χ1v) is 19.1. The fourth-order valence-corrected chi connectivity index (χ4v) is 9.01. The molecule has 0 bridgehead atoms. The Morgan fingerprint density at radius 3 is 1.75 bits per heavy atom. The average Bonchev–Trinajstić information content (AvgIpc) is 3.70. The summed E-state index contributed by atoms with van der Waals surface area (Å²) in [4.78, 5) is 2.39. The van der Waals surface area contributed by atoms with Crippen molar-refractivity contribution < 1.29 is 4.42 Å². The number of furan rings is 1. The molecule has 9 aromatic carbocycles. The van der Waals surface area contributed by atoms with E-state index >= 15 is 0 Å². The van der Waals surface area contributed by atoms with Crippen molar-refractivity contribution in [1.82, 2.24) is 0 Å². The van der Waals surface area contributed by atoms with E-state index in [2.05, 4.69) is 207 Å². The molecular weight excluding hydrogens is 667 g/mol. The van der Waals surface area contributed by atoms with Gasteiger partial charge in [-0.25, -0.2) is 0 Å². The number of fused-ring (bicyclic) bond motifs is 8. The maximum Gasteiger partial charge on any atom is 0.136 e. The molecule has 2 nitrogen and oxygen atoms in total. The first kappa shape index (κ1) is 31.6. The van der Waals surface area contributed by atoms with Crippen LogP contribution in [0.5, 0.6) is 0 Å². The third-order valence-electron chi connectivity index (χ3n) is 11.8. The highest BCUT2D eigenvalue weighted by molar-refractivity contribution is 6.11. The standard InChI is InChI=1S/C53H37NO/c1-53(2)49-17-8-7-15-45(49)46-33-42(27-28-50(46)53)54(41-25-20-36(21-26-41)44-16-9-13-35-10-5-6-14-43(35)44)40-23-18-34(19-24-40)39-22-29-51-47(31-39)48-30-37-11-3-4-12-38(37)32-52(48)55-51/h3-33H,1-2H3. The second kappa shape index (κ2) is 12.1. The number of benzene rings is 9. The zero-order chi connectivity index (χ0) is 36.7. The minimum Gasteiger partial charge on any atom is -0.456 e. The zero-order valence-corrected chi connectivity index (χ0v) is 30.8. The van der Waals surface area contributed by atoms with E-state index in [1.807, 2.05) is 0 Å². The van der Waals surface area contributed by atoms with E-state index in [4.69, 9.17) is 4.42 Å². The number of hydrogen-bond acceptors (Lipinski definition) is 2. The predicted octanol–water partition coefficient (Wildman–Crippen LogP) is 15.0. The number of anilines is 3. The SMILES string of the molecule is CC1(C)c2ccccc2-c2cc(N(c3ccc(-c4ccc5oc6cc7ccccc7cc6c5c4)cc3)c3ccc(-c4cccc5ccccc45)cc3)ccc21. The smallest absolute Gasteiger partial charge is 0.136 e. The molecule has 1 aliphatic carbocycles. The molecule has 0 amide bonds. The minimum atomic E-state index is -0.0500. The summed E-state index contributed by atoms with van der Waals surface area (Å²) >= 11 is 0. The molecule has 260 valence electrons. The Kier molecular flexibility index (Phi) is 6.93. The second-order valence-electron chi connectivity index (χ2n) is 15.4. The normalized spacial score (nSPS) is 13.1. The maximum absolute atomic E-state index is 6.32. The van der Waals surface area contributed by atoms with E-state index in [0.29, 0.717) is 0 Å². The van der Waals surface area contributed by atoms with Crippen LogP contribution in [0, 0.1) is 0 Å². The molecular formula is C53H37NO. The van der Waals surface area contributed by atoms with Gasteiger partial charge in [0.15, 0.2) is 0 Å². The molecule has 0 saturated carbocycles. The summed E-state index contributed by atoms with van der Waals surface area (Å²) in [6.45, 7) is 4.68. The molecule has 0 saturated heterocycles. The molecule has 0 N–H and O–H groups in total. The van der Waals surface area contributed by atoms with E-state index < -0.39 is 0 Å². The van der Waals surface area contributed by atoms with Crippen molar-refractivity contribution in [2.75, 3.05) is 4.90 Å². The third kappa shape index (κ3) is 5.02. The Hall–Kier alpha value is -6.90. The highest BCUT2D eigenvalue weighted by Crippen LogP contribution is 2.50. The third-order valence-corrected chi connectivity index (χ3v) is 11.8. The molecule has 55 heavy (non-hydrogen) atoms. The second-order valence-corrected chi connectivity index (χ2v) is 15.4. The highest BCUT2D eigenvalue weighted by Gasteiger charge is 2.35. The van der Waals surface area contributed by atoms with Crippen molar-refractivity contribution in [2.45, 2.75) is 19.3 Å². The highest BCUT2D eigenvalue weighted by atomic mass is 16.3. The Bertz CT molecular complexity index is 3110. The topological polar surface area (TPSA) is 16.4 Å².